The molecule has 3 N–H and O–H groups in total. The van der Waals surface area contributed by atoms with Crippen LogP contribution < -0.4 is 10.6 Å². The normalized spacial score (nSPS) is 20.5. The van der Waals surface area contributed by atoms with E-state index in [0.29, 0.717) is 11.7 Å². The number of halogens is 1. The maximum atomic E-state index is 13.2. The zero-order chi connectivity index (χ0) is 21.0. The van der Waals surface area contributed by atoms with E-state index in [-0.39, 0.29) is 24.0 Å². The van der Waals surface area contributed by atoms with E-state index in [1.54, 1.807) is 6.07 Å². The van der Waals surface area contributed by atoms with E-state index in [4.69, 9.17) is 0 Å². The second kappa shape index (κ2) is 9.14. The van der Waals surface area contributed by atoms with Crippen LogP contribution >= 0.6 is 0 Å². The molecular weight excluding hydrogens is 381 g/mol. The third-order valence-electron chi connectivity index (χ3n) is 6.45. The zero-order valence-corrected chi connectivity index (χ0v) is 17.2. The number of carbonyl (C=O) groups excluding carboxylic acids is 1. The van der Waals surface area contributed by atoms with Gasteiger partial charge in [0, 0.05) is 18.3 Å². The fourth-order valence-corrected chi connectivity index (χ4v) is 4.69. The van der Waals surface area contributed by atoms with Crippen molar-refractivity contribution in [1.82, 2.24) is 10.2 Å². The lowest BCUT2D eigenvalue weighted by Gasteiger charge is -2.46. The molecule has 0 radical (unpaired) electrons. The van der Waals surface area contributed by atoms with Crippen LogP contribution in [0.2, 0.25) is 0 Å². The summed E-state index contributed by atoms with van der Waals surface area (Å²) in [5.74, 6) is -0.199. The van der Waals surface area contributed by atoms with Crippen LogP contribution in [0.25, 0.3) is 0 Å². The first kappa shape index (κ1) is 20.8. The third kappa shape index (κ3) is 4.99. The molecule has 0 aromatic heterocycles. The Bertz CT molecular complexity index is 867. The van der Waals surface area contributed by atoms with Crippen LogP contribution in [0.5, 0.6) is 0 Å². The molecule has 2 aromatic rings. The Morgan fingerprint density at radius 3 is 2.63 bits per heavy atom. The van der Waals surface area contributed by atoms with Gasteiger partial charge in [0.2, 0.25) is 0 Å². The van der Waals surface area contributed by atoms with Gasteiger partial charge in [-0.15, -0.1) is 0 Å². The summed E-state index contributed by atoms with van der Waals surface area (Å²) < 4.78 is 13.2. The van der Waals surface area contributed by atoms with Gasteiger partial charge in [0.15, 0.2) is 0 Å². The highest BCUT2D eigenvalue weighted by Crippen LogP contribution is 2.35. The van der Waals surface area contributed by atoms with Gasteiger partial charge in [-0.25, -0.2) is 9.18 Å². The average Bonchev–Trinajstić information content (AvgIpc) is 3.14. The number of aliphatic hydroxyl groups is 1. The summed E-state index contributed by atoms with van der Waals surface area (Å²) in [6.07, 6.45) is 6.29. The Labute approximate surface area is 177 Å². The van der Waals surface area contributed by atoms with E-state index in [0.717, 1.165) is 62.7 Å². The number of nitrogens with zero attached hydrogens (tertiary/aromatic N) is 1. The van der Waals surface area contributed by atoms with Gasteiger partial charge in [-0.05, 0) is 80.5 Å². The number of aliphatic hydroxyl groups excluding tert-OH is 1. The molecular formula is C24H30FN3O2. The van der Waals surface area contributed by atoms with Gasteiger partial charge in [0.25, 0.3) is 0 Å². The maximum absolute atomic E-state index is 13.2. The number of hydrogen-bond donors (Lipinski definition) is 3. The summed E-state index contributed by atoms with van der Waals surface area (Å²) in [5, 5.41) is 15.4. The molecule has 1 heterocycles. The number of amides is 2. The van der Waals surface area contributed by atoms with Crippen molar-refractivity contribution in [2.75, 3.05) is 18.4 Å². The Kier molecular flexibility index (Phi) is 6.35. The summed E-state index contributed by atoms with van der Waals surface area (Å²) in [4.78, 5) is 15.2. The van der Waals surface area contributed by atoms with Gasteiger partial charge in [-0.3, -0.25) is 4.90 Å². The van der Waals surface area contributed by atoms with Crippen molar-refractivity contribution in [2.45, 2.75) is 56.7 Å². The highest BCUT2D eigenvalue weighted by atomic mass is 19.1. The minimum absolute atomic E-state index is 0.0501. The van der Waals surface area contributed by atoms with Crippen LogP contribution in [0.15, 0.2) is 48.5 Å². The number of rotatable bonds is 7. The molecule has 2 aromatic carbocycles. The molecule has 6 heteroatoms. The summed E-state index contributed by atoms with van der Waals surface area (Å²) in [7, 11) is 0. The third-order valence-corrected chi connectivity index (χ3v) is 6.45. The number of benzene rings is 2. The quantitative estimate of drug-likeness (QED) is 0.644. The number of carbonyl (C=O) groups is 1. The SMILES string of the molecule is O=C(Nc1cccc(CO)c1)NC1(CN2CCCC2Cc2ccc(F)cc2)CCC1. The fraction of sp³-hybridized carbons (Fsp3) is 0.458. The molecule has 4 rings (SSSR count). The molecule has 2 fully saturated rings. The van der Waals surface area contributed by atoms with Gasteiger partial charge in [-0.1, -0.05) is 24.3 Å². The summed E-state index contributed by atoms with van der Waals surface area (Å²) in [5.41, 5.74) is 2.42. The number of nitrogens with one attached hydrogen (secondary N) is 2. The van der Waals surface area contributed by atoms with Crippen LogP contribution in [0.4, 0.5) is 14.9 Å². The summed E-state index contributed by atoms with van der Waals surface area (Å²) >= 11 is 0. The van der Waals surface area contributed by atoms with Crippen molar-refractivity contribution < 1.29 is 14.3 Å². The largest absolute Gasteiger partial charge is 0.392 e. The fourth-order valence-electron chi connectivity index (χ4n) is 4.69. The lowest BCUT2D eigenvalue weighted by molar-refractivity contribution is 0.109. The highest BCUT2D eigenvalue weighted by Gasteiger charge is 2.42. The molecule has 1 saturated carbocycles. The van der Waals surface area contributed by atoms with Crippen LogP contribution in [-0.2, 0) is 13.0 Å². The minimum Gasteiger partial charge on any atom is -0.392 e. The molecule has 0 spiro atoms. The smallest absolute Gasteiger partial charge is 0.319 e. The highest BCUT2D eigenvalue weighted by molar-refractivity contribution is 5.90. The molecule has 1 saturated heterocycles. The minimum atomic E-state index is -0.199. The molecule has 1 unspecified atom stereocenters. The average molecular weight is 412 g/mol. The van der Waals surface area contributed by atoms with E-state index in [9.17, 15) is 14.3 Å². The lowest BCUT2D eigenvalue weighted by Crippen LogP contribution is -2.61. The zero-order valence-electron chi connectivity index (χ0n) is 17.2. The van der Waals surface area contributed by atoms with Gasteiger partial charge >= 0.3 is 6.03 Å². The Hall–Kier alpha value is -2.44. The number of likely N-dealkylation sites (tertiary alicyclic amines) is 1. The first-order valence-electron chi connectivity index (χ1n) is 10.8. The Balaban J connectivity index is 1.36. The molecule has 0 bridgehead atoms. The molecule has 2 aliphatic rings. The van der Waals surface area contributed by atoms with Crippen molar-refractivity contribution in [3.05, 3.63) is 65.5 Å². The van der Waals surface area contributed by atoms with Crippen molar-refractivity contribution >= 4 is 11.7 Å². The predicted octanol–water partition coefficient (Wildman–Crippen LogP) is 4.07. The van der Waals surface area contributed by atoms with Crippen LogP contribution in [0, 0.1) is 5.82 Å². The van der Waals surface area contributed by atoms with E-state index in [1.165, 1.54) is 12.1 Å². The first-order valence-corrected chi connectivity index (χ1v) is 10.8. The predicted molar refractivity (Wildman–Crippen MR) is 116 cm³/mol. The monoisotopic (exact) mass is 411 g/mol. The van der Waals surface area contributed by atoms with Crippen LogP contribution in [-0.4, -0.2) is 40.7 Å². The van der Waals surface area contributed by atoms with Gasteiger partial charge in [0.05, 0.1) is 12.1 Å². The van der Waals surface area contributed by atoms with E-state index in [2.05, 4.69) is 15.5 Å². The van der Waals surface area contributed by atoms with Crippen LogP contribution in [0.3, 0.4) is 0 Å². The first-order chi connectivity index (χ1) is 14.5. The number of anilines is 1. The van der Waals surface area contributed by atoms with E-state index < -0.39 is 0 Å². The number of urea groups is 1. The van der Waals surface area contributed by atoms with Crippen LogP contribution in [0.1, 0.15) is 43.2 Å². The molecule has 5 nitrogen and oxygen atoms in total. The summed E-state index contributed by atoms with van der Waals surface area (Å²) in [6, 6.07) is 14.3. The van der Waals surface area contributed by atoms with Crippen molar-refractivity contribution in [2.24, 2.45) is 0 Å². The Morgan fingerprint density at radius 2 is 1.93 bits per heavy atom. The van der Waals surface area contributed by atoms with E-state index >= 15 is 0 Å². The molecule has 1 aliphatic heterocycles. The van der Waals surface area contributed by atoms with Gasteiger partial charge in [0.1, 0.15) is 5.82 Å². The molecule has 1 aliphatic carbocycles. The second-order valence-electron chi connectivity index (χ2n) is 8.67. The standard InChI is InChI=1S/C24H30FN3O2/c25-20-9-7-18(8-10-20)15-22-6-2-13-28(22)17-24(11-3-12-24)27-23(30)26-21-5-1-4-19(14-21)16-29/h1,4-5,7-10,14,22,29H,2-3,6,11-13,15-17H2,(H2,26,27,30). The molecule has 30 heavy (non-hydrogen) atoms. The summed E-state index contributed by atoms with van der Waals surface area (Å²) in [6.45, 7) is 1.84. The molecule has 2 amide bonds. The van der Waals surface area contributed by atoms with Gasteiger partial charge in [-0.2, -0.15) is 0 Å². The topological polar surface area (TPSA) is 64.6 Å². The Morgan fingerprint density at radius 1 is 1.13 bits per heavy atom. The lowest BCUT2D eigenvalue weighted by atomic mass is 9.76. The molecule has 1 atom stereocenters. The second-order valence-corrected chi connectivity index (χ2v) is 8.67. The molecule has 160 valence electrons. The van der Waals surface area contributed by atoms with E-state index in [1.807, 2.05) is 30.3 Å². The maximum Gasteiger partial charge on any atom is 0.319 e. The van der Waals surface area contributed by atoms with Crippen molar-refractivity contribution in [3.63, 3.8) is 0 Å². The van der Waals surface area contributed by atoms with Crippen molar-refractivity contribution in [3.8, 4) is 0 Å². The van der Waals surface area contributed by atoms with Gasteiger partial charge < -0.3 is 15.7 Å². The number of hydrogen-bond acceptors (Lipinski definition) is 3. The van der Waals surface area contributed by atoms with Crippen molar-refractivity contribution in [1.29, 1.82) is 0 Å².